The lowest BCUT2D eigenvalue weighted by molar-refractivity contribution is 0.235. The first-order chi connectivity index (χ1) is 5.22. The fourth-order valence-electron chi connectivity index (χ4n) is 0.902. The van der Waals surface area contributed by atoms with Crippen molar-refractivity contribution >= 4 is 14.0 Å². The van der Waals surface area contributed by atoms with Crippen LogP contribution < -0.4 is 5.19 Å². The molecule has 0 aliphatic carbocycles. The van der Waals surface area contributed by atoms with Gasteiger partial charge in [-0.1, -0.05) is 42.1 Å². The van der Waals surface area contributed by atoms with E-state index < -0.39 is 14.8 Å². The Bertz CT molecular complexity index is 211. The van der Waals surface area contributed by atoms with E-state index >= 15 is 0 Å². The molecule has 3 heteroatoms. The second-order valence-corrected chi connectivity index (χ2v) is 5.28. The van der Waals surface area contributed by atoms with Crippen LogP contribution in [0.4, 0.5) is 8.78 Å². The lowest BCUT2D eigenvalue weighted by atomic mass is 10.4. The molecule has 1 rings (SSSR count). The van der Waals surface area contributed by atoms with Crippen molar-refractivity contribution in [3.05, 3.63) is 30.3 Å². The van der Waals surface area contributed by atoms with Gasteiger partial charge >= 0.3 is 0 Å². The average Bonchev–Trinajstić information content (AvgIpc) is 2.05. The summed E-state index contributed by atoms with van der Waals surface area (Å²) < 4.78 is 24.4. The maximum atomic E-state index is 12.2. The van der Waals surface area contributed by atoms with Crippen LogP contribution in [0.2, 0.25) is 6.55 Å². The van der Waals surface area contributed by atoms with Crippen molar-refractivity contribution < 1.29 is 8.78 Å². The number of hydrogen-bond donors (Lipinski definition) is 0. The first-order valence-electron chi connectivity index (χ1n) is 3.55. The van der Waals surface area contributed by atoms with E-state index in [4.69, 9.17) is 0 Å². The SMILES string of the molecule is C[SiH](c1ccccc1)C(F)F. The Labute approximate surface area is 66.5 Å². The molecule has 1 aromatic carbocycles. The normalized spacial score (nSPS) is 13.5. The third-order valence-corrected chi connectivity index (χ3v) is 3.90. The summed E-state index contributed by atoms with van der Waals surface area (Å²) in [6.07, 6.45) is 0. The summed E-state index contributed by atoms with van der Waals surface area (Å²) >= 11 is 0. The maximum absolute atomic E-state index is 12.2. The van der Waals surface area contributed by atoms with Crippen LogP contribution in [0.15, 0.2) is 30.3 Å². The summed E-state index contributed by atoms with van der Waals surface area (Å²) in [5.41, 5.74) is 0. The molecule has 0 bridgehead atoms. The van der Waals surface area contributed by atoms with Gasteiger partial charge in [0.15, 0.2) is 0 Å². The van der Waals surface area contributed by atoms with E-state index in [1.165, 1.54) is 0 Å². The summed E-state index contributed by atoms with van der Waals surface area (Å²) in [6.45, 7) is 1.67. The second-order valence-electron chi connectivity index (χ2n) is 2.53. The monoisotopic (exact) mass is 172 g/mol. The standard InChI is InChI=1S/C8H10F2Si/c1-11(8(9)10)7-5-3-2-4-6-7/h2-6,8,11H,1H3. The number of rotatable bonds is 2. The molecule has 0 heterocycles. The van der Waals surface area contributed by atoms with E-state index in [-0.39, 0.29) is 0 Å². The van der Waals surface area contributed by atoms with E-state index in [1.807, 2.05) is 6.07 Å². The predicted octanol–water partition coefficient (Wildman–Crippen LogP) is 1.55. The molecular formula is C8H10F2Si. The highest BCUT2D eigenvalue weighted by molar-refractivity contribution is 6.72. The molecule has 0 saturated heterocycles. The minimum absolute atomic E-state index is 0.836. The number of halogens is 2. The molecule has 0 aromatic heterocycles. The van der Waals surface area contributed by atoms with Gasteiger partial charge < -0.3 is 0 Å². The lowest BCUT2D eigenvalue weighted by Crippen LogP contribution is -2.34. The zero-order valence-corrected chi connectivity index (χ0v) is 7.45. The molecule has 1 aromatic rings. The molecule has 1 atom stereocenters. The van der Waals surface area contributed by atoms with Gasteiger partial charge in [0.05, 0.1) is 0 Å². The molecule has 0 amide bonds. The molecule has 0 spiro atoms. The van der Waals surface area contributed by atoms with Crippen molar-refractivity contribution in [1.82, 2.24) is 0 Å². The van der Waals surface area contributed by atoms with Gasteiger partial charge in [-0.15, -0.1) is 0 Å². The third kappa shape index (κ3) is 2.12. The summed E-state index contributed by atoms with van der Waals surface area (Å²) in [5, 5.41) is 0.836. The minimum Gasteiger partial charge on any atom is -0.215 e. The van der Waals surface area contributed by atoms with Gasteiger partial charge in [0.25, 0.3) is 0 Å². The van der Waals surface area contributed by atoms with E-state index in [9.17, 15) is 8.78 Å². The van der Waals surface area contributed by atoms with Crippen molar-refractivity contribution in [2.75, 3.05) is 0 Å². The Hall–Kier alpha value is -0.703. The molecule has 0 radical (unpaired) electrons. The minimum atomic E-state index is -2.13. The smallest absolute Gasteiger partial charge is 0.215 e. The average molecular weight is 172 g/mol. The van der Waals surface area contributed by atoms with Crippen molar-refractivity contribution in [3.8, 4) is 0 Å². The van der Waals surface area contributed by atoms with Gasteiger partial charge in [0.2, 0.25) is 6.05 Å². The van der Waals surface area contributed by atoms with Crippen molar-refractivity contribution in [3.63, 3.8) is 0 Å². The summed E-state index contributed by atoms with van der Waals surface area (Å²) in [5.74, 6) is 0. The first kappa shape index (κ1) is 8.39. The van der Waals surface area contributed by atoms with Crippen LogP contribution >= 0.6 is 0 Å². The Morgan fingerprint density at radius 2 is 1.73 bits per heavy atom. The summed E-state index contributed by atoms with van der Waals surface area (Å²) in [4.78, 5) is 0. The Balaban J connectivity index is 2.77. The van der Waals surface area contributed by atoms with Crippen molar-refractivity contribution in [1.29, 1.82) is 0 Å². The van der Waals surface area contributed by atoms with Crippen LogP contribution in [-0.2, 0) is 0 Å². The van der Waals surface area contributed by atoms with Gasteiger partial charge in [-0.25, -0.2) is 8.78 Å². The van der Waals surface area contributed by atoms with E-state index in [0.717, 1.165) is 5.19 Å². The van der Waals surface area contributed by atoms with Crippen LogP contribution in [0.5, 0.6) is 0 Å². The molecule has 0 aliphatic heterocycles. The molecule has 60 valence electrons. The Morgan fingerprint density at radius 3 is 2.18 bits per heavy atom. The molecule has 0 fully saturated rings. The van der Waals surface area contributed by atoms with Gasteiger partial charge in [0, 0.05) is 0 Å². The lowest BCUT2D eigenvalue weighted by Gasteiger charge is -2.07. The van der Waals surface area contributed by atoms with Crippen molar-refractivity contribution in [2.45, 2.75) is 12.6 Å². The number of hydrogen-bond acceptors (Lipinski definition) is 0. The molecular weight excluding hydrogens is 162 g/mol. The zero-order valence-electron chi connectivity index (χ0n) is 6.30. The van der Waals surface area contributed by atoms with Crippen LogP contribution in [0.25, 0.3) is 0 Å². The molecule has 0 nitrogen and oxygen atoms in total. The van der Waals surface area contributed by atoms with Gasteiger partial charge in [-0.05, 0) is 0 Å². The fraction of sp³-hybridized carbons (Fsp3) is 0.250. The topological polar surface area (TPSA) is 0 Å². The highest BCUT2D eigenvalue weighted by atomic mass is 28.3. The van der Waals surface area contributed by atoms with Crippen molar-refractivity contribution in [2.24, 2.45) is 0 Å². The summed E-state index contributed by atoms with van der Waals surface area (Å²) in [6, 6.07) is 6.89. The van der Waals surface area contributed by atoms with Crippen LogP contribution in [-0.4, -0.2) is 14.8 Å². The number of benzene rings is 1. The summed E-state index contributed by atoms with van der Waals surface area (Å²) in [7, 11) is -1.97. The van der Waals surface area contributed by atoms with Crippen LogP contribution in [0.1, 0.15) is 0 Å². The predicted molar refractivity (Wildman–Crippen MR) is 45.1 cm³/mol. The van der Waals surface area contributed by atoms with Crippen LogP contribution in [0.3, 0.4) is 0 Å². The maximum Gasteiger partial charge on any atom is 0.222 e. The van der Waals surface area contributed by atoms with Crippen LogP contribution in [0, 0.1) is 0 Å². The molecule has 0 N–H and O–H groups in total. The fourth-order valence-corrected chi connectivity index (χ4v) is 2.02. The quantitative estimate of drug-likeness (QED) is 0.594. The highest BCUT2D eigenvalue weighted by Crippen LogP contribution is 1.99. The largest absolute Gasteiger partial charge is 0.222 e. The molecule has 1 unspecified atom stereocenters. The van der Waals surface area contributed by atoms with E-state index in [2.05, 4.69) is 0 Å². The molecule has 11 heavy (non-hydrogen) atoms. The van der Waals surface area contributed by atoms with E-state index in [1.54, 1.807) is 30.8 Å². The van der Waals surface area contributed by atoms with E-state index in [0.29, 0.717) is 0 Å². The third-order valence-electron chi connectivity index (χ3n) is 1.70. The first-order valence-corrected chi connectivity index (χ1v) is 5.95. The number of alkyl halides is 2. The van der Waals surface area contributed by atoms with Gasteiger partial charge in [-0.3, -0.25) is 0 Å². The van der Waals surface area contributed by atoms with Gasteiger partial charge in [0.1, 0.15) is 8.80 Å². The second kappa shape index (κ2) is 3.62. The molecule has 0 aliphatic rings. The highest BCUT2D eigenvalue weighted by Gasteiger charge is 2.17. The Morgan fingerprint density at radius 1 is 1.18 bits per heavy atom. The molecule has 0 saturated carbocycles. The zero-order chi connectivity index (χ0) is 8.27. The van der Waals surface area contributed by atoms with Gasteiger partial charge in [-0.2, -0.15) is 0 Å². The Kier molecular flexibility index (Phi) is 2.76.